The molecule has 3 fully saturated rings. The maximum Gasteiger partial charge on any atom is 0.325 e. The van der Waals surface area contributed by atoms with Gasteiger partial charge in [-0.15, -0.1) is 0 Å². The molecule has 0 saturated carbocycles. The monoisotopic (exact) mass is 253 g/mol. The minimum absolute atomic E-state index is 0.0736. The summed E-state index contributed by atoms with van der Waals surface area (Å²) in [6, 6.07) is -0.248. The molecule has 2 N–H and O–H groups in total. The summed E-state index contributed by atoms with van der Waals surface area (Å²) in [5.41, 5.74) is -0.673. The molecule has 18 heavy (non-hydrogen) atoms. The Morgan fingerprint density at radius 2 is 2.33 bits per heavy atom. The highest BCUT2D eigenvalue weighted by Crippen LogP contribution is 2.25. The first-order valence-corrected chi connectivity index (χ1v) is 6.68. The molecule has 3 aliphatic rings. The SMILES string of the molecule is O=C1NC2(CCNC2)C(=O)N1CCC1CCCO1. The van der Waals surface area contributed by atoms with Crippen LogP contribution in [0.3, 0.4) is 0 Å². The van der Waals surface area contributed by atoms with E-state index in [1.54, 1.807) is 0 Å². The van der Waals surface area contributed by atoms with Crippen LogP contribution in [0.1, 0.15) is 25.7 Å². The zero-order valence-corrected chi connectivity index (χ0v) is 10.4. The third-order valence-electron chi connectivity index (χ3n) is 4.10. The number of carbonyl (C=O) groups is 2. The van der Waals surface area contributed by atoms with Gasteiger partial charge in [0.1, 0.15) is 5.54 Å². The molecule has 0 aromatic carbocycles. The average molecular weight is 253 g/mol. The van der Waals surface area contributed by atoms with Gasteiger partial charge in [-0.25, -0.2) is 4.79 Å². The molecule has 6 nitrogen and oxygen atoms in total. The molecule has 0 aliphatic carbocycles. The van der Waals surface area contributed by atoms with Crippen LogP contribution in [0.5, 0.6) is 0 Å². The van der Waals surface area contributed by atoms with Crippen molar-refractivity contribution in [2.24, 2.45) is 0 Å². The molecule has 3 amide bonds. The molecule has 0 radical (unpaired) electrons. The number of nitrogens with zero attached hydrogens (tertiary/aromatic N) is 1. The summed E-state index contributed by atoms with van der Waals surface area (Å²) in [7, 11) is 0. The normalized spacial score (nSPS) is 35.8. The highest BCUT2D eigenvalue weighted by molar-refractivity contribution is 6.07. The minimum atomic E-state index is -0.673. The molecular formula is C12H19N3O3. The van der Waals surface area contributed by atoms with Crippen molar-refractivity contribution in [1.82, 2.24) is 15.5 Å². The fourth-order valence-corrected chi connectivity index (χ4v) is 3.01. The second kappa shape index (κ2) is 4.51. The quantitative estimate of drug-likeness (QED) is 0.686. The van der Waals surface area contributed by atoms with Crippen molar-refractivity contribution in [2.45, 2.75) is 37.3 Å². The fraction of sp³-hybridized carbons (Fsp3) is 0.833. The molecule has 3 heterocycles. The lowest BCUT2D eigenvalue weighted by atomic mass is 9.99. The van der Waals surface area contributed by atoms with Crippen molar-refractivity contribution < 1.29 is 14.3 Å². The van der Waals surface area contributed by atoms with E-state index in [1.807, 2.05) is 0 Å². The van der Waals surface area contributed by atoms with Crippen molar-refractivity contribution in [3.05, 3.63) is 0 Å². The largest absolute Gasteiger partial charge is 0.378 e. The van der Waals surface area contributed by atoms with Crippen LogP contribution in [-0.4, -0.2) is 54.7 Å². The number of carbonyl (C=O) groups excluding carboxylic acids is 2. The average Bonchev–Trinajstić information content (AvgIpc) is 3.03. The Kier molecular flexibility index (Phi) is 2.99. The van der Waals surface area contributed by atoms with Gasteiger partial charge < -0.3 is 15.4 Å². The summed E-state index contributed by atoms with van der Waals surface area (Å²) in [4.78, 5) is 25.5. The molecule has 0 aromatic heterocycles. The van der Waals surface area contributed by atoms with Crippen molar-refractivity contribution in [2.75, 3.05) is 26.2 Å². The van der Waals surface area contributed by atoms with Crippen molar-refractivity contribution in [1.29, 1.82) is 0 Å². The molecule has 3 saturated heterocycles. The van der Waals surface area contributed by atoms with E-state index in [9.17, 15) is 9.59 Å². The molecule has 0 bridgehead atoms. The van der Waals surface area contributed by atoms with Crippen LogP contribution < -0.4 is 10.6 Å². The topological polar surface area (TPSA) is 70.7 Å². The first-order chi connectivity index (χ1) is 8.71. The molecule has 0 aromatic rings. The van der Waals surface area contributed by atoms with Gasteiger partial charge in [0, 0.05) is 19.7 Å². The molecule has 2 unspecified atom stereocenters. The smallest absolute Gasteiger partial charge is 0.325 e. The van der Waals surface area contributed by atoms with Crippen LogP contribution in [0.25, 0.3) is 0 Å². The summed E-state index contributed by atoms with van der Waals surface area (Å²) in [5.74, 6) is -0.0736. The Balaban J connectivity index is 1.61. The van der Waals surface area contributed by atoms with Gasteiger partial charge in [0.05, 0.1) is 6.10 Å². The zero-order valence-electron chi connectivity index (χ0n) is 10.4. The maximum atomic E-state index is 12.3. The molecule has 2 atom stereocenters. The number of amides is 3. The predicted molar refractivity (Wildman–Crippen MR) is 64.1 cm³/mol. The highest BCUT2D eigenvalue weighted by atomic mass is 16.5. The van der Waals surface area contributed by atoms with E-state index >= 15 is 0 Å². The van der Waals surface area contributed by atoms with E-state index in [4.69, 9.17) is 4.74 Å². The van der Waals surface area contributed by atoms with Gasteiger partial charge in [-0.05, 0) is 32.2 Å². The maximum absolute atomic E-state index is 12.3. The first-order valence-electron chi connectivity index (χ1n) is 6.68. The third-order valence-corrected chi connectivity index (χ3v) is 4.10. The lowest BCUT2D eigenvalue weighted by molar-refractivity contribution is -0.130. The summed E-state index contributed by atoms with van der Waals surface area (Å²) in [5, 5.41) is 5.98. The molecule has 1 spiro atoms. The van der Waals surface area contributed by atoms with E-state index in [0.29, 0.717) is 19.5 Å². The lowest BCUT2D eigenvalue weighted by Gasteiger charge is -2.20. The van der Waals surface area contributed by atoms with Crippen LogP contribution in [0, 0.1) is 0 Å². The van der Waals surface area contributed by atoms with Crippen molar-refractivity contribution >= 4 is 11.9 Å². The summed E-state index contributed by atoms with van der Waals surface area (Å²) in [6.07, 6.45) is 3.77. The Bertz CT molecular complexity index is 360. The van der Waals surface area contributed by atoms with Gasteiger partial charge in [-0.2, -0.15) is 0 Å². The lowest BCUT2D eigenvalue weighted by Crippen LogP contribution is -2.48. The van der Waals surface area contributed by atoms with Crippen molar-refractivity contribution in [3.8, 4) is 0 Å². The fourth-order valence-electron chi connectivity index (χ4n) is 3.01. The number of imide groups is 1. The zero-order chi connectivity index (χ0) is 12.6. The predicted octanol–water partition coefficient (Wildman–Crippen LogP) is -0.161. The van der Waals surface area contributed by atoms with E-state index in [-0.39, 0.29) is 18.0 Å². The Labute approximate surface area is 106 Å². The number of hydrogen-bond acceptors (Lipinski definition) is 4. The molecular weight excluding hydrogens is 234 g/mol. The van der Waals surface area contributed by atoms with Gasteiger partial charge in [0.15, 0.2) is 0 Å². The van der Waals surface area contributed by atoms with Crippen LogP contribution >= 0.6 is 0 Å². The van der Waals surface area contributed by atoms with Crippen LogP contribution in [0.2, 0.25) is 0 Å². The Hall–Kier alpha value is -1.14. The van der Waals surface area contributed by atoms with Gasteiger partial charge in [-0.1, -0.05) is 0 Å². The Morgan fingerprint density at radius 1 is 1.44 bits per heavy atom. The summed E-state index contributed by atoms with van der Waals surface area (Å²) < 4.78 is 5.52. The second-order valence-corrected chi connectivity index (χ2v) is 5.32. The third kappa shape index (κ3) is 1.89. The summed E-state index contributed by atoms with van der Waals surface area (Å²) in [6.45, 7) is 2.61. The van der Waals surface area contributed by atoms with E-state index in [0.717, 1.165) is 32.4 Å². The summed E-state index contributed by atoms with van der Waals surface area (Å²) >= 11 is 0. The van der Waals surface area contributed by atoms with Gasteiger partial charge >= 0.3 is 6.03 Å². The molecule has 3 rings (SSSR count). The minimum Gasteiger partial charge on any atom is -0.378 e. The molecule has 6 heteroatoms. The second-order valence-electron chi connectivity index (χ2n) is 5.32. The first kappa shape index (κ1) is 11.9. The number of hydrogen-bond donors (Lipinski definition) is 2. The van der Waals surface area contributed by atoms with Gasteiger partial charge in [0.25, 0.3) is 5.91 Å². The standard InChI is InChI=1S/C12H19N3O3/c16-10-12(4-5-13-8-12)14-11(17)15(10)6-3-9-2-1-7-18-9/h9,13H,1-8H2,(H,14,17). The molecule has 3 aliphatic heterocycles. The van der Waals surface area contributed by atoms with E-state index < -0.39 is 5.54 Å². The van der Waals surface area contributed by atoms with E-state index in [2.05, 4.69) is 10.6 Å². The molecule has 100 valence electrons. The number of rotatable bonds is 3. The number of nitrogens with one attached hydrogen (secondary N) is 2. The Morgan fingerprint density at radius 3 is 3.00 bits per heavy atom. The van der Waals surface area contributed by atoms with Crippen LogP contribution in [-0.2, 0) is 9.53 Å². The van der Waals surface area contributed by atoms with Crippen LogP contribution in [0.4, 0.5) is 4.79 Å². The van der Waals surface area contributed by atoms with Crippen LogP contribution in [0.15, 0.2) is 0 Å². The number of urea groups is 1. The van der Waals surface area contributed by atoms with E-state index in [1.165, 1.54) is 4.90 Å². The number of ether oxygens (including phenoxy) is 1. The highest BCUT2D eigenvalue weighted by Gasteiger charge is 2.52. The van der Waals surface area contributed by atoms with Gasteiger partial charge in [0.2, 0.25) is 0 Å². The van der Waals surface area contributed by atoms with Crippen molar-refractivity contribution in [3.63, 3.8) is 0 Å². The van der Waals surface area contributed by atoms with Gasteiger partial charge in [-0.3, -0.25) is 9.69 Å².